The van der Waals surface area contributed by atoms with Crippen LogP contribution in [0.15, 0.2) is 11.4 Å². The maximum Gasteiger partial charge on any atom is 0.382 e. The first-order valence-corrected chi connectivity index (χ1v) is 3.98. The molecule has 0 unspecified atom stereocenters. The first-order chi connectivity index (χ1) is 5.74. The fraction of sp³-hybridized carbons (Fsp3) is 0.125. The van der Waals surface area contributed by atoms with E-state index in [1.54, 1.807) is 11.4 Å². The van der Waals surface area contributed by atoms with Crippen LogP contribution in [0.4, 0.5) is 0 Å². The molecule has 0 aliphatic rings. The highest BCUT2D eigenvalue weighted by Gasteiger charge is 1.99. The summed E-state index contributed by atoms with van der Waals surface area (Å²) < 4.78 is 4.93. The largest absolute Gasteiger partial charge is 0.495 e. The summed E-state index contributed by atoms with van der Waals surface area (Å²) >= 11 is 1.35. The molecule has 12 heavy (non-hydrogen) atoms. The predicted octanol–water partition coefficient (Wildman–Crippen LogP) is 1.19. The van der Waals surface area contributed by atoms with E-state index in [2.05, 4.69) is 5.92 Å². The molecule has 1 heterocycles. The van der Waals surface area contributed by atoms with Crippen molar-refractivity contribution in [2.45, 2.75) is 0 Å². The number of rotatable bonds is 1. The van der Waals surface area contributed by atoms with Gasteiger partial charge in [0, 0.05) is 5.92 Å². The maximum atomic E-state index is 10.1. The Hall–Kier alpha value is -1.47. The predicted molar refractivity (Wildman–Crippen MR) is 45.4 cm³/mol. The number of ether oxygens (including phenoxy) is 1. The Labute approximate surface area is 73.6 Å². The molecule has 0 aliphatic heterocycles. The molecule has 0 atom stereocenters. The zero-order chi connectivity index (χ0) is 8.97. The van der Waals surface area contributed by atoms with E-state index in [4.69, 9.17) is 9.84 Å². The van der Waals surface area contributed by atoms with Gasteiger partial charge < -0.3 is 9.84 Å². The van der Waals surface area contributed by atoms with Gasteiger partial charge in [-0.25, -0.2) is 4.79 Å². The van der Waals surface area contributed by atoms with Crippen LogP contribution in [0.5, 0.6) is 5.75 Å². The van der Waals surface area contributed by atoms with E-state index in [9.17, 15) is 4.79 Å². The maximum absolute atomic E-state index is 10.1. The van der Waals surface area contributed by atoms with Gasteiger partial charge in [-0.15, -0.1) is 11.3 Å². The summed E-state index contributed by atoms with van der Waals surface area (Å²) in [6.07, 6.45) is 0. The van der Waals surface area contributed by atoms with Gasteiger partial charge in [0.2, 0.25) is 0 Å². The molecule has 4 heteroatoms. The van der Waals surface area contributed by atoms with Crippen molar-refractivity contribution in [3.63, 3.8) is 0 Å². The standard InChI is InChI=1S/C8H6O3S/c1-11-6-4-5-12-7(6)2-3-8(9)10/h4-5H,1H3,(H,9,10). The van der Waals surface area contributed by atoms with Gasteiger partial charge in [0.15, 0.2) is 0 Å². The second-order valence-corrected chi connectivity index (χ2v) is 2.79. The van der Waals surface area contributed by atoms with Crippen LogP contribution in [0.25, 0.3) is 0 Å². The Balaban J connectivity index is 2.90. The second-order valence-electron chi connectivity index (χ2n) is 1.87. The topological polar surface area (TPSA) is 46.5 Å². The second kappa shape index (κ2) is 3.79. The first-order valence-electron chi connectivity index (χ1n) is 3.10. The SMILES string of the molecule is COc1ccsc1C#CC(=O)O. The molecule has 0 radical (unpaired) electrons. The van der Waals surface area contributed by atoms with Crippen molar-refractivity contribution in [2.24, 2.45) is 0 Å². The molecule has 3 nitrogen and oxygen atoms in total. The Morgan fingerprint density at radius 3 is 3.08 bits per heavy atom. The van der Waals surface area contributed by atoms with Crippen LogP contribution < -0.4 is 4.74 Å². The number of carboxylic acids is 1. The fourth-order valence-electron chi connectivity index (χ4n) is 0.660. The molecular weight excluding hydrogens is 176 g/mol. The number of hydrogen-bond donors (Lipinski definition) is 1. The van der Waals surface area contributed by atoms with E-state index < -0.39 is 5.97 Å². The molecule has 0 amide bonds. The molecular formula is C8H6O3S. The van der Waals surface area contributed by atoms with E-state index in [1.807, 2.05) is 5.92 Å². The average molecular weight is 182 g/mol. The lowest BCUT2D eigenvalue weighted by molar-refractivity contribution is -0.130. The number of hydrogen-bond acceptors (Lipinski definition) is 3. The third kappa shape index (κ3) is 2.01. The van der Waals surface area contributed by atoms with Gasteiger partial charge in [0.05, 0.1) is 7.11 Å². The van der Waals surface area contributed by atoms with Crippen molar-refractivity contribution in [3.05, 3.63) is 16.3 Å². The van der Waals surface area contributed by atoms with Gasteiger partial charge in [-0.3, -0.25) is 0 Å². The Morgan fingerprint density at radius 1 is 1.75 bits per heavy atom. The summed E-state index contributed by atoms with van der Waals surface area (Å²) in [5.41, 5.74) is 0. The minimum absolute atomic E-state index is 0.619. The summed E-state index contributed by atoms with van der Waals surface area (Å²) in [6, 6.07) is 1.75. The van der Waals surface area contributed by atoms with Gasteiger partial charge in [0.25, 0.3) is 0 Å². The Morgan fingerprint density at radius 2 is 2.50 bits per heavy atom. The lowest BCUT2D eigenvalue weighted by Gasteiger charge is -1.92. The monoisotopic (exact) mass is 182 g/mol. The number of carbonyl (C=O) groups is 1. The number of aliphatic carboxylic acids is 1. The average Bonchev–Trinajstić information content (AvgIpc) is 2.47. The molecule has 62 valence electrons. The van der Waals surface area contributed by atoms with Crippen LogP contribution in [0.1, 0.15) is 4.88 Å². The molecule has 0 saturated heterocycles. The van der Waals surface area contributed by atoms with E-state index in [-0.39, 0.29) is 0 Å². The molecule has 0 fully saturated rings. The van der Waals surface area contributed by atoms with Crippen molar-refractivity contribution in [1.82, 2.24) is 0 Å². The molecule has 0 bridgehead atoms. The van der Waals surface area contributed by atoms with Gasteiger partial charge in [-0.2, -0.15) is 0 Å². The molecule has 1 aromatic heterocycles. The van der Waals surface area contributed by atoms with E-state index in [0.29, 0.717) is 10.6 Å². The highest BCUT2D eigenvalue weighted by atomic mass is 32.1. The minimum atomic E-state index is -1.13. The van der Waals surface area contributed by atoms with Crippen molar-refractivity contribution < 1.29 is 14.6 Å². The summed E-state index contributed by atoms with van der Waals surface area (Å²) in [4.78, 5) is 10.7. The quantitative estimate of drug-likeness (QED) is 0.663. The summed E-state index contributed by atoms with van der Waals surface area (Å²) in [5, 5.41) is 10.1. The third-order valence-electron chi connectivity index (χ3n) is 1.13. The Bertz CT molecular complexity index is 343. The highest BCUT2D eigenvalue weighted by molar-refractivity contribution is 7.10. The molecule has 1 aromatic rings. The van der Waals surface area contributed by atoms with Crippen LogP contribution >= 0.6 is 11.3 Å². The number of thiophene rings is 1. The lowest BCUT2D eigenvalue weighted by Crippen LogP contribution is -1.87. The van der Waals surface area contributed by atoms with Crippen molar-refractivity contribution in [2.75, 3.05) is 7.11 Å². The minimum Gasteiger partial charge on any atom is -0.495 e. The first kappa shape index (κ1) is 8.62. The van der Waals surface area contributed by atoms with Crippen LogP contribution in [-0.2, 0) is 4.79 Å². The van der Waals surface area contributed by atoms with Crippen molar-refractivity contribution in [1.29, 1.82) is 0 Å². The summed E-state index contributed by atoms with van der Waals surface area (Å²) in [5.74, 6) is 3.99. The van der Waals surface area contributed by atoms with E-state index >= 15 is 0 Å². The van der Waals surface area contributed by atoms with Gasteiger partial charge in [-0.1, -0.05) is 0 Å². The van der Waals surface area contributed by atoms with Crippen molar-refractivity contribution in [3.8, 4) is 17.6 Å². The lowest BCUT2D eigenvalue weighted by atomic mass is 10.4. The molecule has 1 rings (SSSR count). The van der Waals surface area contributed by atoms with Crippen LogP contribution in [0.2, 0.25) is 0 Å². The van der Waals surface area contributed by atoms with Crippen LogP contribution in [-0.4, -0.2) is 18.2 Å². The third-order valence-corrected chi connectivity index (χ3v) is 1.94. The highest BCUT2D eigenvalue weighted by Crippen LogP contribution is 2.22. The molecule has 0 aromatic carbocycles. The van der Waals surface area contributed by atoms with Gasteiger partial charge in [-0.05, 0) is 17.4 Å². The summed E-state index contributed by atoms with van der Waals surface area (Å²) in [7, 11) is 1.52. The molecule has 1 N–H and O–H groups in total. The fourth-order valence-corrected chi connectivity index (χ4v) is 1.36. The van der Waals surface area contributed by atoms with Crippen LogP contribution in [0, 0.1) is 11.8 Å². The van der Waals surface area contributed by atoms with Gasteiger partial charge >= 0.3 is 5.97 Å². The smallest absolute Gasteiger partial charge is 0.382 e. The van der Waals surface area contributed by atoms with Crippen LogP contribution in [0.3, 0.4) is 0 Å². The zero-order valence-corrected chi connectivity index (χ0v) is 7.14. The number of carboxylic acid groups (broad SMARTS) is 1. The van der Waals surface area contributed by atoms with E-state index in [0.717, 1.165) is 0 Å². The van der Waals surface area contributed by atoms with Crippen molar-refractivity contribution >= 4 is 17.3 Å². The van der Waals surface area contributed by atoms with E-state index in [1.165, 1.54) is 18.4 Å². The zero-order valence-electron chi connectivity index (χ0n) is 6.33. The normalized spacial score (nSPS) is 8.42. The van der Waals surface area contributed by atoms with Gasteiger partial charge in [0.1, 0.15) is 10.6 Å². The summed E-state index contributed by atoms with van der Waals surface area (Å²) in [6.45, 7) is 0. The molecule has 0 saturated carbocycles. The Kier molecular flexibility index (Phi) is 2.72. The molecule has 0 spiro atoms. The molecule has 0 aliphatic carbocycles. The number of methoxy groups -OCH3 is 1.